The van der Waals surface area contributed by atoms with E-state index in [0.717, 1.165) is 25.9 Å². The number of hydrogen-bond acceptors (Lipinski definition) is 6. The Morgan fingerprint density at radius 3 is 2.91 bits per heavy atom. The van der Waals surface area contributed by atoms with E-state index in [4.69, 9.17) is 25.6 Å². The van der Waals surface area contributed by atoms with Gasteiger partial charge in [-0.15, -0.1) is 0 Å². The zero-order valence-electron chi connectivity index (χ0n) is 13.1. The van der Waals surface area contributed by atoms with Crippen molar-refractivity contribution in [3.8, 4) is 0 Å². The molecule has 2 heterocycles. The standard InChI is InChI=1S/C14H21BClN3O4/c1-2-3-6-21-14(20)19-12-10-18-13(16)9-11(12)15-22-7-4-17-5-8-23-15/h9-10,17H,2-8H2,1H3,(H,19,20). The highest BCUT2D eigenvalue weighted by Crippen LogP contribution is 2.11. The number of carbonyl (C=O) groups is 1. The molecule has 23 heavy (non-hydrogen) atoms. The molecule has 0 aliphatic carbocycles. The van der Waals surface area contributed by atoms with E-state index in [-0.39, 0.29) is 0 Å². The summed E-state index contributed by atoms with van der Waals surface area (Å²) in [6, 6.07) is 1.63. The van der Waals surface area contributed by atoms with Crippen LogP contribution in [0.25, 0.3) is 0 Å². The minimum Gasteiger partial charge on any atom is -0.449 e. The van der Waals surface area contributed by atoms with Gasteiger partial charge in [0.05, 0.1) is 18.5 Å². The zero-order valence-corrected chi connectivity index (χ0v) is 13.9. The largest absolute Gasteiger partial charge is 0.496 e. The maximum atomic E-state index is 11.8. The van der Waals surface area contributed by atoms with E-state index < -0.39 is 13.2 Å². The first kappa shape index (κ1) is 18.0. The van der Waals surface area contributed by atoms with Crippen LogP contribution in [0.3, 0.4) is 0 Å². The van der Waals surface area contributed by atoms with Gasteiger partial charge in [-0.1, -0.05) is 24.9 Å². The first-order valence-corrected chi connectivity index (χ1v) is 8.11. The molecule has 1 fully saturated rings. The maximum Gasteiger partial charge on any atom is 0.496 e. The summed E-state index contributed by atoms with van der Waals surface area (Å²) >= 11 is 5.97. The molecule has 2 N–H and O–H groups in total. The predicted octanol–water partition coefficient (Wildman–Crippen LogP) is 1.42. The summed E-state index contributed by atoms with van der Waals surface area (Å²) in [6.07, 6.45) is 2.72. The van der Waals surface area contributed by atoms with Gasteiger partial charge in [-0.2, -0.15) is 0 Å². The zero-order chi connectivity index (χ0) is 16.5. The Morgan fingerprint density at radius 1 is 1.48 bits per heavy atom. The van der Waals surface area contributed by atoms with Crippen LogP contribution in [0.1, 0.15) is 19.8 Å². The molecule has 0 spiro atoms. The van der Waals surface area contributed by atoms with Gasteiger partial charge >= 0.3 is 13.2 Å². The van der Waals surface area contributed by atoms with Crippen molar-refractivity contribution in [3.63, 3.8) is 0 Å². The molecule has 0 bridgehead atoms. The molecular weight excluding hydrogens is 320 g/mol. The highest BCUT2D eigenvalue weighted by molar-refractivity contribution is 6.63. The number of unbranched alkanes of at least 4 members (excludes halogenated alkanes) is 1. The molecule has 0 unspecified atom stereocenters. The van der Waals surface area contributed by atoms with Gasteiger partial charge in [-0.3, -0.25) is 5.32 Å². The molecule has 0 saturated carbocycles. The number of ether oxygens (including phenoxy) is 1. The van der Waals surface area contributed by atoms with Crippen molar-refractivity contribution in [2.75, 3.05) is 38.2 Å². The summed E-state index contributed by atoms with van der Waals surface area (Å²) in [5, 5.41) is 6.14. The van der Waals surface area contributed by atoms with E-state index in [2.05, 4.69) is 15.6 Å². The van der Waals surface area contributed by atoms with Crippen molar-refractivity contribution in [2.24, 2.45) is 0 Å². The Labute approximate surface area is 141 Å². The van der Waals surface area contributed by atoms with E-state index in [1.165, 1.54) is 6.20 Å². The Kier molecular flexibility index (Phi) is 7.61. The second kappa shape index (κ2) is 9.72. The summed E-state index contributed by atoms with van der Waals surface area (Å²) in [6.45, 7) is 4.86. The Bertz CT molecular complexity index is 513. The van der Waals surface area contributed by atoms with Crippen LogP contribution in [-0.2, 0) is 14.0 Å². The number of nitrogens with zero attached hydrogens (tertiary/aromatic N) is 1. The van der Waals surface area contributed by atoms with Gasteiger partial charge in [0.25, 0.3) is 0 Å². The second-order valence-corrected chi connectivity index (χ2v) is 5.42. The lowest BCUT2D eigenvalue weighted by Gasteiger charge is -2.20. The third-order valence-corrected chi connectivity index (χ3v) is 3.43. The van der Waals surface area contributed by atoms with Gasteiger partial charge < -0.3 is 19.4 Å². The van der Waals surface area contributed by atoms with Gasteiger partial charge in [0, 0.05) is 31.8 Å². The number of pyridine rings is 1. The van der Waals surface area contributed by atoms with E-state index in [9.17, 15) is 4.79 Å². The molecule has 0 aromatic carbocycles. The molecule has 1 aromatic heterocycles. The number of amides is 1. The summed E-state index contributed by atoms with van der Waals surface area (Å²) in [7, 11) is -0.608. The van der Waals surface area contributed by atoms with Crippen molar-refractivity contribution in [1.29, 1.82) is 0 Å². The third kappa shape index (κ3) is 5.99. The molecule has 0 atom stereocenters. The highest BCUT2D eigenvalue weighted by atomic mass is 35.5. The molecule has 1 amide bonds. The molecule has 7 nitrogen and oxygen atoms in total. The smallest absolute Gasteiger partial charge is 0.449 e. The summed E-state index contributed by atoms with van der Waals surface area (Å²) < 4.78 is 16.5. The van der Waals surface area contributed by atoms with Crippen LogP contribution < -0.4 is 16.1 Å². The van der Waals surface area contributed by atoms with Crippen molar-refractivity contribution in [3.05, 3.63) is 17.4 Å². The number of nitrogens with one attached hydrogen (secondary N) is 2. The number of halogens is 1. The fourth-order valence-corrected chi connectivity index (χ4v) is 2.19. The molecule has 1 aromatic rings. The molecule has 0 radical (unpaired) electrons. The van der Waals surface area contributed by atoms with E-state index in [0.29, 0.717) is 36.1 Å². The van der Waals surface area contributed by atoms with E-state index >= 15 is 0 Å². The predicted molar refractivity (Wildman–Crippen MR) is 89.3 cm³/mol. The molecule has 126 valence electrons. The first-order valence-electron chi connectivity index (χ1n) is 7.74. The molecule has 1 saturated heterocycles. The lowest BCUT2D eigenvalue weighted by Crippen LogP contribution is -2.44. The normalized spacial score (nSPS) is 15.7. The van der Waals surface area contributed by atoms with Crippen molar-refractivity contribution >= 4 is 36.0 Å². The van der Waals surface area contributed by atoms with Crippen LogP contribution in [0.4, 0.5) is 10.5 Å². The van der Waals surface area contributed by atoms with Crippen molar-refractivity contribution in [2.45, 2.75) is 19.8 Å². The SMILES string of the molecule is CCCCOC(=O)Nc1cnc(Cl)cc1B1OCCNCCO1. The Hall–Kier alpha value is -1.35. The van der Waals surface area contributed by atoms with Gasteiger partial charge in [0.15, 0.2) is 0 Å². The fourth-order valence-electron chi connectivity index (χ4n) is 2.03. The number of hydrogen-bond donors (Lipinski definition) is 2. The van der Waals surface area contributed by atoms with Crippen LogP contribution in [0, 0.1) is 0 Å². The van der Waals surface area contributed by atoms with Gasteiger partial charge in [0.2, 0.25) is 0 Å². The molecule has 2 rings (SSSR count). The minimum absolute atomic E-state index is 0.303. The van der Waals surface area contributed by atoms with Crippen LogP contribution in [0.2, 0.25) is 5.15 Å². The molecule has 9 heteroatoms. The quantitative estimate of drug-likeness (QED) is 0.479. The number of aromatic nitrogens is 1. The van der Waals surface area contributed by atoms with Gasteiger partial charge in [-0.25, -0.2) is 9.78 Å². The second-order valence-electron chi connectivity index (χ2n) is 5.03. The Balaban J connectivity index is 2.07. The van der Waals surface area contributed by atoms with Crippen molar-refractivity contribution in [1.82, 2.24) is 10.3 Å². The van der Waals surface area contributed by atoms with Crippen LogP contribution >= 0.6 is 11.6 Å². The van der Waals surface area contributed by atoms with Crippen LogP contribution in [-0.4, -0.2) is 51.1 Å². The monoisotopic (exact) mass is 341 g/mol. The lowest BCUT2D eigenvalue weighted by molar-refractivity contribution is 0.160. The van der Waals surface area contributed by atoms with Crippen LogP contribution in [0.5, 0.6) is 0 Å². The molecule has 1 aliphatic heterocycles. The number of carbonyl (C=O) groups excluding carboxylic acids is 1. The lowest BCUT2D eigenvalue weighted by atomic mass is 9.78. The van der Waals surface area contributed by atoms with E-state index in [1.807, 2.05) is 6.92 Å². The van der Waals surface area contributed by atoms with E-state index in [1.54, 1.807) is 6.07 Å². The average Bonchev–Trinajstić information content (AvgIpc) is 2.49. The number of rotatable bonds is 5. The highest BCUT2D eigenvalue weighted by Gasteiger charge is 2.27. The first-order chi connectivity index (χ1) is 11.2. The molecule has 1 aliphatic rings. The Morgan fingerprint density at radius 2 is 2.22 bits per heavy atom. The van der Waals surface area contributed by atoms with Gasteiger partial charge in [0.1, 0.15) is 5.15 Å². The summed E-state index contributed by atoms with van der Waals surface area (Å²) in [5.74, 6) is 0. The van der Waals surface area contributed by atoms with Crippen LogP contribution in [0.15, 0.2) is 12.3 Å². The average molecular weight is 342 g/mol. The topological polar surface area (TPSA) is 81.7 Å². The summed E-state index contributed by atoms with van der Waals surface area (Å²) in [4.78, 5) is 15.8. The third-order valence-electron chi connectivity index (χ3n) is 3.22. The minimum atomic E-state index is -0.608. The maximum absolute atomic E-state index is 11.8. The fraction of sp³-hybridized carbons (Fsp3) is 0.571. The van der Waals surface area contributed by atoms with Crippen molar-refractivity contribution < 1.29 is 18.8 Å². The number of anilines is 1. The van der Waals surface area contributed by atoms with Gasteiger partial charge in [-0.05, 0) is 12.5 Å². The molecular formula is C14H21BClN3O4. The summed E-state index contributed by atoms with van der Waals surface area (Å²) in [5.41, 5.74) is 1.09.